The standard InChI is InChI=1S/C9H10N6O/c10-7(16)8-13-9-12-4-5-3-11-2-1-6(5)15(9)14-8/h4,11H,1-3H2,(H2,10,16). The van der Waals surface area contributed by atoms with Crippen LogP contribution in [-0.2, 0) is 13.0 Å². The Morgan fingerprint density at radius 1 is 1.56 bits per heavy atom. The third-order valence-electron chi connectivity index (χ3n) is 2.63. The molecular formula is C9H10N6O. The van der Waals surface area contributed by atoms with Gasteiger partial charge in [0.25, 0.3) is 11.7 Å². The van der Waals surface area contributed by atoms with E-state index in [4.69, 9.17) is 5.73 Å². The number of carbonyl (C=O) groups excluding carboxylic acids is 1. The van der Waals surface area contributed by atoms with E-state index in [1.165, 1.54) is 0 Å². The number of amides is 1. The summed E-state index contributed by atoms with van der Waals surface area (Å²) in [6.45, 7) is 1.65. The van der Waals surface area contributed by atoms with Crippen molar-refractivity contribution in [2.45, 2.75) is 13.0 Å². The van der Waals surface area contributed by atoms with Crippen molar-refractivity contribution in [1.82, 2.24) is 24.9 Å². The molecular weight excluding hydrogens is 208 g/mol. The second-order valence-corrected chi connectivity index (χ2v) is 3.67. The van der Waals surface area contributed by atoms with Gasteiger partial charge < -0.3 is 11.1 Å². The Balaban J connectivity index is 2.26. The van der Waals surface area contributed by atoms with Crippen molar-refractivity contribution in [2.24, 2.45) is 5.73 Å². The third kappa shape index (κ3) is 1.25. The van der Waals surface area contributed by atoms with Crippen LogP contribution in [0.5, 0.6) is 0 Å². The molecule has 0 radical (unpaired) electrons. The molecule has 7 heteroatoms. The minimum atomic E-state index is -0.631. The number of aromatic nitrogens is 4. The summed E-state index contributed by atoms with van der Waals surface area (Å²) in [4.78, 5) is 19.1. The molecule has 0 spiro atoms. The first-order valence-electron chi connectivity index (χ1n) is 5.00. The minimum Gasteiger partial charge on any atom is -0.363 e. The Labute approximate surface area is 90.7 Å². The first-order chi connectivity index (χ1) is 7.75. The summed E-state index contributed by atoms with van der Waals surface area (Å²) < 4.78 is 1.61. The molecule has 2 aromatic rings. The van der Waals surface area contributed by atoms with E-state index in [2.05, 4.69) is 20.4 Å². The van der Waals surface area contributed by atoms with Gasteiger partial charge in [-0.15, -0.1) is 5.10 Å². The van der Waals surface area contributed by atoms with E-state index in [0.717, 1.165) is 30.8 Å². The van der Waals surface area contributed by atoms with Gasteiger partial charge in [0.2, 0.25) is 5.82 Å². The number of rotatable bonds is 1. The van der Waals surface area contributed by atoms with Gasteiger partial charge in [-0.3, -0.25) is 4.79 Å². The maximum Gasteiger partial charge on any atom is 0.288 e. The van der Waals surface area contributed by atoms with E-state index in [1.54, 1.807) is 10.7 Å². The van der Waals surface area contributed by atoms with Crippen LogP contribution in [0.15, 0.2) is 6.20 Å². The fourth-order valence-corrected chi connectivity index (χ4v) is 1.86. The number of nitrogens with zero attached hydrogens (tertiary/aromatic N) is 4. The number of hydrogen-bond donors (Lipinski definition) is 2. The summed E-state index contributed by atoms with van der Waals surface area (Å²) in [5.41, 5.74) is 7.26. The minimum absolute atomic E-state index is 0.0134. The summed E-state index contributed by atoms with van der Waals surface area (Å²) in [7, 11) is 0. The molecule has 7 nitrogen and oxygen atoms in total. The predicted molar refractivity (Wildman–Crippen MR) is 54.7 cm³/mol. The lowest BCUT2D eigenvalue weighted by atomic mass is 10.1. The van der Waals surface area contributed by atoms with Crippen molar-refractivity contribution in [3.05, 3.63) is 23.3 Å². The highest BCUT2D eigenvalue weighted by Gasteiger charge is 2.17. The van der Waals surface area contributed by atoms with Gasteiger partial charge in [0, 0.05) is 31.3 Å². The Morgan fingerprint density at radius 2 is 2.44 bits per heavy atom. The fraction of sp³-hybridized carbons (Fsp3) is 0.333. The van der Waals surface area contributed by atoms with Crippen LogP contribution in [-0.4, -0.2) is 32.0 Å². The van der Waals surface area contributed by atoms with Crippen molar-refractivity contribution in [2.75, 3.05) is 6.54 Å². The Morgan fingerprint density at radius 3 is 3.25 bits per heavy atom. The van der Waals surface area contributed by atoms with E-state index in [1.807, 2.05) is 0 Å². The van der Waals surface area contributed by atoms with Gasteiger partial charge in [-0.05, 0) is 0 Å². The largest absolute Gasteiger partial charge is 0.363 e. The Kier molecular flexibility index (Phi) is 1.87. The van der Waals surface area contributed by atoms with Crippen LogP contribution in [0.25, 0.3) is 5.78 Å². The van der Waals surface area contributed by atoms with Crippen molar-refractivity contribution < 1.29 is 4.79 Å². The van der Waals surface area contributed by atoms with Gasteiger partial charge in [-0.1, -0.05) is 0 Å². The predicted octanol–water partition coefficient (Wildman–Crippen LogP) is -1.13. The molecule has 0 aliphatic carbocycles. The van der Waals surface area contributed by atoms with Crippen molar-refractivity contribution in [3.8, 4) is 0 Å². The number of nitrogens with two attached hydrogens (primary N) is 1. The lowest BCUT2D eigenvalue weighted by Gasteiger charge is -2.16. The summed E-state index contributed by atoms with van der Waals surface area (Å²) in [5, 5.41) is 7.31. The molecule has 82 valence electrons. The monoisotopic (exact) mass is 218 g/mol. The molecule has 0 unspecified atom stereocenters. The van der Waals surface area contributed by atoms with Crippen molar-refractivity contribution in [1.29, 1.82) is 0 Å². The number of fused-ring (bicyclic) bond motifs is 3. The summed E-state index contributed by atoms with van der Waals surface area (Å²) in [5.74, 6) is -0.193. The molecule has 1 amide bonds. The number of carbonyl (C=O) groups is 1. The molecule has 3 rings (SSSR count). The molecule has 0 fully saturated rings. The summed E-state index contributed by atoms with van der Waals surface area (Å²) >= 11 is 0. The van der Waals surface area contributed by atoms with Gasteiger partial charge in [0.15, 0.2) is 0 Å². The van der Waals surface area contributed by atoms with E-state index < -0.39 is 5.91 Å². The highest BCUT2D eigenvalue weighted by Crippen LogP contribution is 2.13. The highest BCUT2D eigenvalue weighted by atomic mass is 16.1. The average molecular weight is 218 g/mol. The second-order valence-electron chi connectivity index (χ2n) is 3.67. The molecule has 3 heterocycles. The zero-order valence-electron chi connectivity index (χ0n) is 8.47. The zero-order valence-corrected chi connectivity index (χ0v) is 8.47. The third-order valence-corrected chi connectivity index (χ3v) is 2.63. The maximum absolute atomic E-state index is 11.0. The molecule has 1 aliphatic heterocycles. The fourth-order valence-electron chi connectivity index (χ4n) is 1.86. The molecule has 0 atom stereocenters. The molecule has 0 saturated carbocycles. The van der Waals surface area contributed by atoms with Gasteiger partial charge in [0.05, 0.1) is 5.69 Å². The van der Waals surface area contributed by atoms with Crippen molar-refractivity contribution >= 4 is 11.7 Å². The SMILES string of the molecule is NC(=O)c1nc2ncc3c(n2n1)CCNC3. The topological polar surface area (TPSA) is 98.2 Å². The Hall–Kier alpha value is -2.02. The molecule has 0 aromatic carbocycles. The van der Waals surface area contributed by atoms with E-state index in [-0.39, 0.29) is 5.82 Å². The lowest BCUT2D eigenvalue weighted by Crippen LogP contribution is -2.26. The smallest absolute Gasteiger partial charge is 0.288 e. The number of nitrogens with one attached hydrogen (secondary N) is 1. The second kappa shape index (κ2) is 3.24. The van der Waals surface area contributed by atoms with Gasteiger partial charge in [-0.2, -0.15) is 4.98 Å². The summed E-state index contributed by atoms with van der Waals surface area (Å²) in [6, 6.07) is 0. The number of primary amides is 1. The Bertz CT molecular complexity index is 575. The molecule has 16 heavy (non-hydrogen) atoms. The van der Waals surface area contributed by atoms with Crippen LogP contribution in [0.4, 0.5) is 0 Å². The van der Waals surface area contributed by atoms with E-state index in [0.29, 0.717) is 5.78 Å². The first-order valence-corrected chi connectivity index (χ1v) is 5.00. The van der Waals surface area contributed by atoms with E-state index >= 15 is 0 Å². The highest BCUT2D eigenvalue weighted by molar-refractivity contribution is 5.89. The average Bonchev–Trinajstić information content (AvgIpc) is 2.73. The molecule has 0 saturated heterocycles. The van der Waals surface area contributed by atoms with Crippen LogP contribution >= 0.6 is 0 Å². The zero-order chi connectivity index (χ0) is 11.1. The van der Waals surface area contributed by atoms with Gasteiger partial charge >= 0.3 is 0 Å². The maximum atomic E-state index is 11.0. The van der Waals surface area contributed by atoms with Gasteiger partial charge in [0.1, 0.15) is 0 Å². The van der Waals surface area contributed by atoms with Crippen molar-refractivity contribution in [3.63, 3.8) is 0 Å². The van der Waals surface area contributed by atoms with Crippen LogP contribution in [0.3, 0.4) is 0 Å². The van der Waals surface area contributed by atoms with Crippen LogP contribution < -0.4 is 11.1 Å². The molecule has 2 aromatic heterocycles. The normalized spacial score (nSPS) is 15.0. The van der Waals surface area contributed by atoms with Crippen LogP contribution in [0, 0.1) is 0 Å². The quantitative estimate of drug-likeness (QED) is 0.631. The molecule has 0 bridgehead atoms. The van der Waals surface area contributed by atoms with Gasteiger partial charge in [-0.25, -0.2) is 9.50 Å². The lowest BCUT2D eigenvalue weighted by molar-refractivity contribution is 0.0990. The number of hydrogen-bond acceptors (Lipinski definition) is 5. The summed E-state index contributed by atoms with van der Waals surface area (Å²) in [6.07, 6.45) is 2.60. The van der Waals surface area contributed by atoms with Crippen LogP contribution in [0.2, 0.25) is 0 Å². The molecule has 3 N–H and O–H groups in total. The first kappa shape index (κ1) is 9.22. The van der Waals surface area contributed by atoms with E-state index in [9.17, 15) is 4.79 Å². The van der Waals surface area contributed by atoms with Crippen LogP contribution in [0.1, 0.15) is 21.9 Å². The molecule has 1 aliphatic rings.